The van der Waals surface area contributed by atoms with E-state index in [9.17, 15) is 21.6 Å². The van der Waals surface area contributed by atoms with Crippen LogP contribution in [-0.4, -0.2) is 42.3 Å². The summed E-state index contributed by atoms with van der Waals surface area (Å²) in [6, 6.07) is 6.14. The van der Waals surface area contributed by atoms with Crippen molar-refractivity contribution in [3.63, 3.8) is 0 Å². The number of nitrogens with two attached hydrogens (primary N) is 1. The van der Waals surface area contributed by atoms with E-state index in [1.165, 1.54) is 18.3 Å². The van der Waals surface area contributed by atoms with E-state index in [0.29, 0.717) is 17.1 Å². The molecule has 0 saturated heterocycles. The van der Waals surface area contributed by atoms with E-state index in [0.717, 1.165) is 19.4 Å². The number of hydrogen-bond donors (Lipinski definition) is 3. The van der Waals surface area contributed by atoms with Gasteiger partial charge in [0.1, 0.15) is 5.66 Å². The molecule has 0 saturated carbocycles. The number of benzene rings is 1. The molecule has 156 valence electrons. The van der Waals surface area contributed by atoms with Crippen LogP contribution >= 0.6 is 0 Å². The number of halogens is 3. The van der Waals surface area contributed by atoms with Crippen LogP contribution < -0.4 is 16.4 Å². The van der Waals surface area contributed by atoms with Gasteiger partial charge in [-0.3, -0.25) is 0 Å². The van der Waals surface area contributed by atoms with E-state index in [-0.39, 0.29) is 10.9 Å². The van der Waals surface area contributed by atoms with Crippen molar-refractivity contribution < 1.29 is 21.6 Å². The fraction of sp³-hybridized carbons (Fsp3) is 0.294. The number of rotatable bonds is 3. The lowest BCUT2D eigenvalue weighted by Crippen LogP contribution is -2.49. The van der Waals surface area contributed by atoms with Crippen molar-refractivity contribution in [1.82, 2.24) is 15.1 Å². The maximum atomic E-state index is 13.0. The third-order valence-corrected chi connectivity index (χ3v) is 5.45. The monoisotopic (exact) mass is 428 g/mol. The minimum atomic E-state index is -4.61. The van der Waals surface area contributed by atoms with E-state index in [1.807, 2.05) is 0 Å². The molecule has 1 aliphatic rings. The van der Waals surface area contributed by atoms with Gasteiger partial charge < -0.3 is 16.4 Å². The molecule has 0 fully saturated rings. The summed E-state index contributed by atoms with van der Waals surface area (Å²) in [5.41, 5.74) is 4.51. The smallest absolute Gasteiger partial charge is 0.332 e. The highest BCUT2D eigenvalue weighted by atomic mass is 32.2. The zero-order valence-corrected chi connectivity index (χ0v) is 16.6. The van der Waals surface area contributed by atoms with E-state index in [2.05, 4.69) is 20.7 Å². The van der Waals surface area contributed by atoms with Gasteiger partial charge in [-0.1, -0.05) is 0 Å². The molecule has 1 unspecified atom stereocenters. The average Bonchev–Trinajstić information content (AvgIpc) is 2.93. The first-order valence-corrected chi connectivity index (χ1v) is 10.2. The van der Waals surface area contributed by atoms with Gasteiger partial charge >= 0.3 is 6.18 Å². The molecule has 8 nitrogen and oxygen atoms in total. The van der Waals surface area contributed by atoms with E-state index >= 15 is 0 Å². The first kappa shape index (κ1) is 20.9. The normalized spacial score (nSPS) is 20.0. The largest absolute Gasteiger partial charge is 0.417 e. The summed E-state index contributed by atoms with van der Waals surface area (Å²) in [6.07, 6.45) is -1.24. The number of alkyl halides is 3. The number of aliphatic imine (C=N–C) groups is 1. The predicted molar refractivity (Wildman–Crippen MR) is 102 cm³/mol. The molecule has 2 aromatic rings. The van der Waals surface area contributed by atoms with Crippen molar-refractivity contribution in [2.75, 3.05) is 11.6 Å². The quantitative estimate of drug-likeness (QED) is 0.690. The first-order chi connectivity index (χ1) is 13.3. The lowest BCUT2D eigenvalue weighted by atomic mass is 10.0. The Labute approximate surface area is 165 Å². The highest BCUT2D eigenvalue weighted by Crippen LogP contribution is 2.34. The summed E-state index contributed by atoms with van der Waals surface area (Å²) >= 11 is 0. The zero-order valence-electron chi connectivity index (χ0n) is 15.7. The summed E-state index contributed by atoms with van der Waals surface area (Å²) in [4.78, 5) is 4.08. The molecular weight excluding hydrogens is 409 g/mol. The molecule has 1 atom stereocenters. The van der Waals surface area contributed by atoms with Crippen LogP contribution in [0.2, 0.25) is 0 Å². The van der Waals surface area contributed by atoms with Gasteiger partial charge in [-0.05, 0) is 38.1 Å². The first-order valence-electron chi connectivity index (χ1n) is 8.34. The maximum Gasteiger partial charge on any atom is 0.417 e. The number of anilines is 1. The van der Waals surface area contributed by atoms with Crippen molar-refractivity contribution >= 4 is 21.5 Å². The van der Waals surface area contributed by atoms with Gasteiger partial charge in [-0.25, -0.2) is 18.1 Å². The molecule has 0 amide bonds. The minimum Gasteiger partial charge on any atom is -0.332 e. The summed E-state index contributed by atoms with van der Waals surface area (Å²) in [6.45, 7) is 2.90. The maximum absolute atomic E-state index is 13.0. The van der Waals surface area contributed by atoms with Crippen molar-refractivity contribution in [2.45, 2.75) is 30.6 Å². The average molecular weight is 428 g/mol. The van der Waals surface area contributed by atoms with Crippen LogP contribution in [0.15, 0.2) is 52.1 Å². The van der Waals surface area contributed by atoms with Gasteiger partial charge in [0.05, 0.1) is 33.7 Å². The number of nitrogens with one attached hydrogen (secondary N) is 2. The van der Waals surface area contributed by atoms with Crippen molar-refractivity contribution in [2.24, 2.45) is 10.7 Å². The molecular formula is C17H19F3N6O2S. The van der Waals surface area contributed by atoms with Crippen LogP contribution in [0.5, 0.6) is 0 Å². The number of nitrogens with zero attached hydrogens (tertiary/aromatic N) is 3. The predicted octanol–water partition coefficient (Wildman–Crippen LogP) is 2.08. The lowest BCUT2D eigenvalue weighted by molar-refractivity contribution is -0.100. The van der Waals surface area contributed by atoms with Crippen molar-refractivity contribution in [3.8, 4) is 5.69 Å². The SMILES string of the molecule is Cc1c(NC2=NC(C)(N)C(C(F)(F)F)=CN2)cnn1-c1ccc(S(C)(=O)=O)cc1. The second-order valence-corrected chi connectivity index (χ2v) is 8.77. The minimum absolute atomic E-state index is 0.0399. The molecule has 3 rings (SSSR count). The van der Waals surface area contributed by atoms with Crippen molar-refractivity contribution in [1.29, 1.82) is 0 Å². The van der Waals surface area contributed by atoms with Gasteiger partial charge in [-0.2, -0.15) is 18.3 Å². The van der Waals surface area contributed by atoms with Gasteiger partial charge in [0.2, 0.25) is 5.96 Å². The molecule has 2 heterocycles. The van der Waals surface area contributed by atoms with Gasteiger partial charge in [0.15, 0.2) is 9.84 Å². The molecule has 12 heteroatoms. The molecule has 0 spiro atoms. The third kappa shape index (κ3) is 4.27. The fourth-order valence-electron chi connectivity index (χ4n) is 2.80. The number of hydrogen-bond acceptors (Lipinski definition) is 7. The van der Waals surface area contributed by atoms with Crippen LogP contribution in [0.4, 0.5) is 18.9 Å². The van der Waals surface area contributed by atoms with Crippen LogP contribution in [-0.2, 0) is 9.84 Å². The van der Waals surface area contributed by atoms with E-state index < -0.39 is 27.2 Å². The Morgan fingerprint density at radius 2 is 1.86 bits per heavy atom. The number of sulfone groups is 1. The Bertz CT molecular complexity index is 1100. The molecule has 0 aliphatic carbocycles. The lowest BCUT2D eigenvalue weighted by Gasteiger charge is -2.30. The molecule has 4 N–H and O–H groups in total. The molecule has 1 aromatic heterocycles. The molecule has 29 heavy (non-hydrogen) atoms. The van der Waals surface area contributed by atoms with E-state index in [1.54, 1.807) is 23.7 Å². The Morgan fingerprint density at radius 1 is 1.24 bits per heavy atom. The summed E-state index contributed by atoms with van der Waals surface area (Å²) in [7, 11) is -3.32. The highest BCUT2D eigenvalue weighted by molar-refractivity contribution is 7.90. The highest BCUT2D eigenvalue weighted by Gasteiger charge is 2.45. The molecule has 1 aromatic carbocycles. The Kier molecular flexibility index (Phi) is 4.95. The summed E-state index contributed by atoms with van der Waals surface area (Å²) in [5, 5.41) is 9.55. The van der Waals surface area contributed by atoms with Gasteiger partial charge in [0, 0.05) is 12.5 Å². The van der Waals surface area contributed by atoms with Crippen LogP contribution in [0.25, 0.3) is 5.69 Å². The van der Waals surface area contributed by atoms with Crippen molar-refractivity contribution in [3.05, 3.63) is 47.9 Å². The zero-order chi connectivity index (χ0) is 21.6. The number of aromatic nitrogens is 2. The number of guanidine groups is 1. The topological polar surface area (TPSA) is 114 Å². The molecule has 1 aliphatic heterocycles. The third-order valence-electron chi connectivity index (χ3n) is 4.32. The summed E-state index contributed by atoms with van der Waals surface area (Å²) < 4.78 is 63.8. The second-order valence-electron chi connectivity index (χ2n) is 6.75. The molecule has 0 radical (unpaired) electrons. The second kappa shape index (κ2) is 6.88. The van der Waals surface area contributed by atoms with Gasteiger partial charge in [0.25, 0.3) is 0 Å². The van der Waals surface area contributed by atoms with Gasteiger partial charge in [-0.15, -0.1) is 0 Å². The van der Waals surface area contributed by atoms with E-state index in [4.69, 9.17) is 5.73 Å². The Morgan fingerprint density at radius 3 is 2.38 bits per heavy atom. The Hall–Kier alpha value is -2.86. The van der Waals surface area contributed by atoms with Crippen LogP contribution in [0, 0.1) is 6.92 Å². The van der Waals surface area contributed by atoms with Crippen LogP contribution in [0.1, 0.15) is 12.6 Å². The molecule has 0 bridgehead atoms. The standard InChI is InChI=1S/C17H19F3N6O2S/c1-10-13(24-15-22-9-14(17(18,19)20)16(2,21)25-15)8-23-26(10)11-4-6-12(7-5-11)29(3,27)28/h4-9H,21H2,1-3H3,(H2,22,24,25). The van der Waals surface area contributed by atoms with Crippen LogP contribution in [0.3, 0.4) is 0 Å². The summed E-state index contributed by atoms with van der Waals surface area (Å²) in [5.74, 6) is 0.0399. The fourth-order valence-corrected chi connectivity index (χ4v) is 3.43. The Balaban J connectivity index is 1.83.